The number of benzene rings is 1. The van der Waals surface area contributed by atoms with Crippen LogP contribution in [0.4, 0.5) is 10.9 Å². The van der Waals surface area contributed by atoms with Gasteiger partial charge in [0.2, 0.25) is 5.88 Å². The number of hydrogen-bond donors (Lipinski definition) is 2. The first-order valence-corrected chi connectivity index (χ1v) is 10.1. The van der Waals surface area contributed by atoms with Gasteiger partial charge in [0.15, 0.2) is 11.2 Å². The van der Waals surface area contributed by atoms with Crippen LogP contribution in [0.25, 0.3) is 0 Å². The van der Waals surface area contributed by atoms with Gasteiger partial charge in [0.1, 0.15) is 5.82 Å². The number of nitrogens with one attached hydrogen (secondary N) is 1. The number of amides is 1. The number of anilines is 2. The fraction of sp³-hybridized carbons (Fsp3) is 0.300. The molecule has 0 fully saturated rings. The van der Waals surface area contributed by atoms with E-state index in [1.165, 1.54) is 18.4 Å². The van der Waals surface area contributed by atoms with Crippen LogP contribution in [-0.4, -0.2) is 46.7 Å². The van der Waals surface area contributed by atoms with Crippen molar-refractivity contribution in [2.45, 2.75) is 19.1 Å². The smallest absolute Gasteiger partial charge is 0.321 e. The third-order valence-corrected chi connectivity index (χ3v) is 5.71. The van der Waals surface area contributed by atoms with Gasteiger partial charge in [-0.15, -0.1) is 0 Å². The van der Waals surface area contributed by atoms with Crippen LogP contribution in [0.3, 0.4) is 0 Å². The normalized spacial score (nSPS) is 14.0. The molecule has 0 saturated heterocycles. The lowest BCUT2D eigenvalue weighted by molar-refractivity contribution is -0.124. The zero-order valence-corrected chi connectivity index (χ0v) is 17.3. The predicted molar refractivity (Wildman–Crippen MR) is 112 cm³/mol. The molecule has 0 bridgehead atoms. The Hall–Kier alpha value is -3.24. The molecule has 1 atom stereocenters. The molecule has 0 spiro atoms. The molecule has 4 rings (SSSR count). The summed E-state index contributed by atoms with van der Waals surface area (Å²) in [7, 11) is 3.05. The van der Waals surface area contributed by atoms with Gasteiger partial charge in [-0.2, -0.15) is 9.97 Å². The second-order valence-electron chi connectivity index (χ2n) is 6.62. The van der Waals surface area contributed by atoms with Crippen LogP contribution < -0.4 is 19.7 Å². The second-order valence-corrected chi connectivity index (χ2v) is 7.70. The maximum absolute atomic E-state index is 12.4. The summed E-state index contributed by atoms with van der Waals surface area (Å²) in [5.74, 6) is 0.618. The summed E-state index contributed by atoms with van der Waals surface area (Å²) in [5.41, 5.74) is 1.47. The maximum Gasteiger partial charge on any atom is 0.321 e. The monoisotopic (exact) mass is 427 g/mol. The third kappa shape index (κ3) is 4.19. The van der Waals surface area contributed by atoms with E-state index in [9.17, 15) is 9.90 Å². The Kier molecular flexibility index (Phi) is 5.77. The van der Waals surface area contributed by atoms with Crippen molar-refractivity contribution in [3.63, 3.8) is 0 Å². The molecule has 0 saturated carbocycles. The van der Waals surface area contributed by atoms with Crippen molar-refractivity contribution in [1.29, 1.82) is 0 Å². The number of rotatable bonds is 6. The lowest BCUT2D eigenvalue weighted by atomic mass is 10.1. The van der Waals surface area contributed by atoms with Crippen molar-refractivity contribution in [2.75, 3.05) is 31.0 Å². The first-order valence-electron chi connectivity index (χ1n) is 9.32. The molecule has 1 aromatic carbocycles. The van der Waals surface area contributed by atoms with Gasteiger partial charge in [-0.05, 0) is 5.56 Å². The molecule has 1 amide bonds. The highest BCUT2D eigenvalue weighted by Crippen LogP contribution is 2.32. The molecular weight excluding hydrogens is 406 g/mol. The second kappa shape index (κ2) is 8.64. The molecule has 2 N–H and O–H groups in total. The van der Waals surface area contributed by atoms with Crippen LogP contribution in [0.15, 0.2) is 36.4 Å². The zero-order valence-electron chi connectivity index (χ0n) is 16.5. The van der Waals surface area contributed by atoms with Crippen molar-refractivity contribution < 1.29 is 19.4 Å². The van der Waals surface area contributed by atoms with Gasteiger partial charge in [-0.3, -0.25) is 10.1 Å². The number of hydrogen-bond acceptors (Lipinski definition) is 9. The molecular formula is C20H21N5O4S. The first-order chi connectivity index (χ1) is 14.6. The van der Waals surface area contributed by atoms with E-state index in [1.54, 1.807) is 37.4 Å². The largest absolute Gasteiger partial charge is 0.481 e. The van der Waals surface area contributed by atoms with E-state index in [-0.39, 0.29) is 6.01 Å². The quantitative estimate of drug-likeness (QED) is 0.616. The Labute approximate surface area is 177 Å². The Bertz CT molecular complexity index is 1020. The Morgan fingerprint density at radius 3 is 2.73 bits per heavy atom. The summed E-state index contributed by atoms with van der Waals surface area (Å²) in [6, 6.07) is 10.8. The molecule has 0 radical (unpaired) electrons. The fourth-order valence-electron chi connectivity index (χ4n) is 3.16. The summed E-state index contributed by atoms with van der Waals surface area (Å²) in [5, 5.41) is 13.5. The number of fused-ring (bicyclic) bond motifs is 1. The number of ether oxygens (including phenoxy) is 2. The van der Waals surface area contributed by atoms with E-state index in [0.717, 1.165) is 10.6 Å². The van der Waals surface area contributed by atoms with Crippen LogP contribution in [0.2, 0.25) is 0 Å². The number of aliphatic hydroxyl groups is 1. The molecule has 3 aromatic rings. The third-order valence-electron chi connectivity index (χ3n) is 4.71. The number of thiazole rings is 1. The Morgan fingerprint density at radius 2 is 2.00 bits per heavy atom. The van der Waals surface area contributed by atoms with Gasteiger partial charge in [0, 0.05) is 23.9 Å². The summed E-state index contributed by atoms with van der Waals surface area (Å²) in [6.45, 7) is 1.30. The maximum atomic E-state index is 12.4. The van der Waals surface area contributed by atoms with Crippen LogP contribution in [0, 0.1) is 0 Å². The highest BCUT2D eigenvalue weighted by atomic mass is 32.1. The van der Waals surface area contributed by atoms with Gasteiger partial charge >= 0.3 is 6.01 Å². The molecule has 0 unspecified atom stereocenters. The van der Waals surface area contributed by atoms with E-state index >= 15 is 0 Å². The zero-order chi connectivity index (χ0) is 21.1. The molecule has 156 valence electrons. The number of carbonyl (C=O) groups is 1. The minimum atomic E-state index is -1.25. The lowest BCUT2D eigenvalue weighted by Crippen LogP contribution is -2.30. The average Bonchev–Trinajstić information content (AvgIpc) is 3.20. The molecule has 30 heavy (non-hydrogen) atoms. The van der Waals surface area contributed by atoms with E-state index in [2.05, 4.69) is 25.2 Å². The summed E-state index contributed by atoms with van der Waals surface area (Å²) < 4.78 is 10.4. The summed E-state index contributed by atoms with van der Waals surface area (Å²) in [6.07, 6.45) is -0.540. The molecule has 10 heteroatoms. The molecule has 9 nitrogen and oxygen atoms in total. The fourth-order valence-corrected chi connectivity index (χ4v) is 4.18. The molecule has 3 heterocycles. The number of carbonyl (C=O) groups excluding carboxylic acids is 1. The predicted octanol–water partition coefficient (Wildman–Crippen LogP) is 2.19. The Morgan fingerprint density at radius 1 is 1.20 bits per heavy atom. The van der Waals surface area contributed by atoms with Gasteiger partial charge in [0.05, 0.1) is 26.5 Å². The van der Waals surface area contributed by atoms with Gasteiger partial charge < -0.3 is 19.5 Å². The van der Waals surface area contributed by atoms with Crippen molar-refractivity contribution in [2.24, 2.45) is 0 Å². The van der Waals surface area contributed by atoms with Crippen molar-refractivity contribution in [3.8, 4) is 11.9 Å². The van der Waals surface area contributed by atoms with E-state index < -0.39 is 12.0 Å². The SMILES string of the molecule is COc1cc(N2CCc3nc(NC(=O)[C@H](O)c4ccccc4)sc3C2)nc(OC)n1. The first kappa shape index (κ1) is 20.0. The lowest BCUT2D eigenvalue weighted by Gasteiger charge is -2.27. The topological polar surface area (TPSA) is 110 Å². The van der Waals surface area contributed by atoms with E-state index in [1.807, 2.05) is 6.07 Å². The summed E-state index contributed by atoms with van der Waals surface area (Å²) in [4.78, 5) is 28.6. The van der Waals surface area contributed by atoms with Gasteiger partial charge in [0.25, 0.3) is 5.91 Å². The minimum absolute atomic E-state index is 0.238. The number of aliphatic hydroxyl groups excluding tert-OH is 1. The van der Waals surface area contributed by atoms with Crippen LogP contribution in [0.1, 0.15) is 22.2 Å². The van der Waals surface area contributed by atoms with Crippen molar-refractivity contribution in [1.82, 2.24) is 15.0 Å². The molecule has 0 aliphatic carbocycles. The number of aromatic nitrogens is 3. The van der Waals surface area contributed by atoms with Crippen LogP contribution >= 0.6 is 11.3 Å². The van der Waals surface area contributed by atoms with Crippen molar-refractivity contribution in [3.05, 3.63) is 52.5 Å². The number of nitrogens with zero attached hydrogens (tertiary/aromatic N) is 4. The van der Waals surface area contributed by atoms with E-state index in [4.69, 9.17) is 9.47 Å². The van der Waals surface area contributed by atoms with Crippen LogP contribution in [0.5, 0.6) is 11.9 Å². The van der Waals surface area contributed by atoms with Crippen LogP contribution in [-0.2, 0) is 17.8 Å². The number of methoxy groups -OCH3 is 2. The molecule has 2 aromatic heterocycles. The van der Waals surface area contributed by atoms with Gasteiger partial charge in [-0.25, -0.2) is 4.98 Å². The average molecular weight is 427 g/mol. The highest BCUT2D eigenvalue weighted by molar-refractivity contribution is 7.15. The molecule has 1 aliphatic heterocycles. The minimum Gasteiger partial charge on any atom is -0.481 e. The van der Waals surface area contributed by atoms with Crippen molar-refractivity contribution >= 4 is 28.2 Å². The summed E-state index contributed by atoms with van der Waals surface area (Å²) >= 11 is 1.39. The highest BCUT2D eigenvalue weighted by Gasteiger charge is 2.25. The standard InChI is InChI=1S/C20H21N5O4S/c1-28-16-10-15(22-19(23-16)29-2)25-9-8-13-14(11-25)30-20(21-13)24-18(27)17(26)12-6-4-3-5-7-12/h3-7,10,17,26H,8-9,11H2,1-2H3,(H,21,24,27)/t17-/m1/s1. The molecule has 1 aliphatic rings. The van der Waals surface area contributed by atoms with E-state index in [0.29, 0.717) is 41.9 Å². The van der Waals surface area contributed by atoms with Gasteiger partial charge in [-0.1, -0.05) is 41.7 Å². The Balaban J connectivity index is 1.48.